The number of hydrogen-bond acceptors (Lipinski definition) is 6. The lowest BCUT2D eigenvalue weighted by atomic mass is 10.1. The lowest BCUT2D eigenvalue weighted by Crippen LogP contribution is -2.69. The number of aryl methyl sites for hydroxylation is 1. The molecule has 0 aliphatic heterocycles. The molecule has 1 rings (SSSR count). The number of halogens is 3. The molecule has 2 N–H and O–H groups in total. The van der Waals surface area contributed by atoms with E-state index in [-0.39, 0.29) is 12.4 Å². The zero-order chi connectivity index (χ0) is 17.7. The number of alkyl carbamates (subject to hydrolysis) is 1. The van der Waals surface area contributed by atoms with Crippen LogP contribution >= 0.6 is 0 Å². The molecule has 23 heavy (non-hydrogen) atoms. The molecule has 0 aromatic carbocycles. The molecular weight excluding hydrogens is 319 g/mol. The molecule has 0 saturated carbocycles. The predicted molar refractivity (Wildman–Crippen MR) is 73.6 cm³/mol. The summed E-state index contributed by atoms with van der Waals surface area (Å²) in [4.78, 5) is 27.0. The first-order valence-corrected chi connectivity index (χ1v) is 6.47. The van der Waals surface area contributed by atoms with E-state index in [1.54, 1.807) is 6.92 Å². The molecular formula is C13H16F3N3O4. The maximum absolute atomic E-state index is 13.5. The van der Waals surface area contributed by atoms with E-state index in [2.05, 4.69) is 14.5 Å². The van der Waals surface area contributed by atoms with Crippen molar-refractivity contribution < 1.29 is 32.2 Å². The fraction of sp³-hybridized carbons (Fsp3) is 0.462. The van der Waals surface area contributed by atoms with Gasteiger partial charge in [-0.1, -0.05) is 6.07 Å². The van der Waals surface area contributed by atoms with E-state index in [1.165, 1.54) is 30.6 Å². The molecule has 0 radical (unpaired) electrons. The quantitative estimate of drug-likeness (QED) is 0.632. The second-order valence-electron chi connectivity index (χ2n) is 4.43. The number of pyridine rings is 1. The van der Waals surface area contributed by atoms with Gasteiger partial charge in [-0.15, -0.1) is 0 Å². The molecule has 7 nitrogen and oxygen atoms in total. The first-order valence-electron chi connectivity index (χ1n) is 6.47. The Labute approximate surface area is 130 Å². The van der Waals surface area contributed by atoms with Crippen LogP contribution in [0.5, 0.6) is 0 Å². The van der Waals surface area contributed by atoms with Gasteiger partial charge in [-0.05, 0) is 25.5 Å². The van der Waals surface area contributed by atoms with E-state index >= 15 is 0 Å². The van der Waals surface area contributed by atoms with E-state index in [0.717, 1.165) is 7.11 Å². The zero-order valence-electron chi connectivity index (χ0n) is 12.7. The van der Waals surface area contributed by atoms with Crippen molar-refractivity contribution in [3.05, 3.63) is 23.9 Å². The number of ether oxygens (including phenoxy) is 2. The number of aromatic nitrogens is 1. The van der Waals surface area contributed by atoms with Crippen LogP contribution in [0.4, 0.5) is 23.8 Å². The van der Waals surface area contributed by atoms with E-state index < -0.39 is 23.9 Å². The van der Waals surface area contributed by atoms with Gasteiger partial charge in [0.05, 0.1) is 13.7 Å². The van der Waals surface area contributed by atoms with Gasteiger partial charge in [0, 0.05) is 6.20 Å². The van der Waals surface area contributed by atoms with Gasteiger partial charge >= 0.3 is 23.9 Å². The van der Waals surface area contributed by atoms with Crippen LogP contribution in [0.3, 0.4) is 0 Å². The number of esters is 1. The fourth-order valence-corrected chi connectivity index (χ4v) is 1.60. The molecule has 0 aliphatic rings. The van der Waals surface area contributed by atoms with Crippen LogP contribution in [0.15, 0.2) is 18.3 Å². The number of nitrogens with zero attached hydrogens (tertiary/aromatic N) is 1. The number of alkyl halides is 3. The molecule has 0 aliphatic carbocycles. The van der Waals surface area contributed by atoms with Gasteiger partial charge in [-0.25, -0.2) is 14.6 Å². The van der Waals surface area contributed by atoms with Gasteiger partial charge in [0.15, 0.2) is 0 Å². The maximum atomic E-state index is 13.5. The molecule has 128 valence electrons. The predicted octanol–water partition coefficient (Wildman–Crippen LogP) is 1.98. The van der Waals surface area contributed by atoms with Crippen LogP contribution in [-0.2, 0) is 14.3 Å². The van der Waals surface area contributed by atoms with Crippen molar-refractivity contribution in [3.8, 4) is 0 Å². The van der Waals surface area contributed by atoms with Crippen LogP contribution in [0, 0.1) is 6.92 Å². The summed E-state index contributed by atoms with van der Waals surface area (Å²) in [5.74, 6) is -2.05. The summed E-state index contributed by atoms with van der Waals surface area (Å²) in [5.41, 5.74) is -2.83. The summed E-state index contributed by atoms with van der Waals surface area (Å²) in [5, 5.41) is 3.35. The lowest BCUT2D eigenvalue weighted by molar-refractivity contribution is -0.203. The topological polar surface area (TPSA) is 89.5 Å². The standard InChI is InChI=1S/C13H16F3N3O4/c1-4-23-11(21)19-12(10(20)22-3,13(14,15)16)18-9-6-5-8(2)7-17-9/h5-7H,4H2,1-3H3,(H,17,18)(H,19,21)/t12-/m1/s1. The van der Waals surface area contributed by atoms with Crippen LogP contribution in [0.25, 0.3) is 0 Å². The Balaban J connectivity index is 3.28. The van der Waals surface area contributed by atoms with Crippen LogP contribution < -0.4 is 10.6 Å². The van der Waals surface area contributed by atoms with E-state index in [1.807, 2.05) is 5.32 Å². The normalized spacial score (nSPS) is 13.7. The highest BCUT2D eigenvalue weighted by Gasteiger charge is 2.64. The van der Waals surface area contributed by atoms with Gasteiger partial charge in [-0.3, -0.25) is 5.32 Å². The number of hydrogen-bond donors (Lipinski definition) is 2. The molecule has 0 bridgehead atoms. The average molecular weight is 335 g/mol. The Bertz CT molecular complexity index is 563. The first-order chi connectivity index (χ1) is 10.7. The highest BCUT2D eigenvalue weighted by Crippen LogP contribution is 2.32. The SMILES string of the molecule is CCOC(=O)N[C@](Nc1ccc(C)cn1)(C(=O)OC)C(F)(F)F. The zero-order valence-corrected chi connectivity index (χ0v) is 12.7. The molecule has 0 fully saturated rings. The smallest absolute Gasteiger partial charge is 0.442 e. The third kappa shape index (κ3) is 4.24. The van der Waals surface area contributed by atoms with E-state index in [0.29, 0.717) is 5.56 Å². The molecule has 1 aromatic heterocycles. The second kappa shape index (κ2) is 7.16. The molecule has 0 spiro atoms. The van der Waals surface area contributed by atoms with Gasteiger partial charge in [0.25, 0.3) is 0 Å². The molecule has 10 heteroatoms. The summed E-state index contributed by atoms with van der Waals surface area (Å²) in [7, 11) is 0.764. The van der Waals surface area contributed by atoms with Crippen molar-refractivity contribution >= 4 is 17.9 Å². The Kier molecular flexibility index (Phi) is 5.77. The van der Waals surface area contributed by atoms with Gasteiger partial charge < -0.3 is 14.8 Å². The van der Waals surface area contributed by atoms with Crippen LogP contribution in [-0.4, -0.2) is 42.6 Å². The average Bonchev–Trinajstić information content (AvgIpc) is 2.47. The van der Waals surface area contributed by atoms with Crippen molar-refractivity contribution in [2.45, 2.75) is 25.7 Å². The summed E-state index contributed by atoms with van der Waals surface area (Å²) in [6.45, 7) is 2.91. The van der Waals surface area contributed by atoms with Gasteiger partial charge in [0.1, 0.15) is 5.82 Å². The Morgan fingerprint density at radius 2 is 1.96 bits per heavy atom. The summed E-state index contributed by atoms with van der Waals surface area (Å²) >= 11 is 0. The minimum atomic E-state index is -5.22. The summed E-state index contributed by atoms with van der Waals surface area (Å²) in [6.07, 6.45) is -5.36. The van der Waals surface area contributed by atoms with Crippen LogP contribution in [0.1, 0.15) is 12.5 Å². The van der Waals surface area contributed by atoms with E-state index in [9.17, 15) is 22.8 Å². The number of amides is 1. The fourth-order valence-electron chi connectivity index (χ4n) is 1.60. The van der Waals surface area contributed by atoms with Gasteiger partial charge in [0.2, 0.25) is 0 Å². The van der Waals surface area contributed by atoms with Crippen molar-refractivity contribution in [2.24, 2.45) is 0 Å². The molecule has 0 saturated heterocycles. The van der Waals surface area contributed by atoms with Crippen molar-refractivity contribution in [2.75, 3.05) is 19.0 Å². The van der Waals surface area contributed by atoms with Gasteiger partial charge in [-0.2, -0.15) is 13.2 Å². The van der Waals surface area contributed by atoms with Crippen molar-refractivity contribution in [1.29, 1.82) is 0 Å². The van der Waals surface area contributed by atoms with Crippen molar-refractivity contribution in [1.82, 2.24) is 10.3 Å². The Morgan fingerprint density at radius 1 is 1.30 bits per heavy atom. The number of carbonyl (C=O) groups excluding carboxylic acids is 2. The minimum Gasteiger partial charge on any atom is -0.466 e. The van der Waals surface area contributed by atoms with Crippen LogP contribution in [0.2, 0.25) is 0 Å². The number of carbonyl (C=O) groups is 2. The number of methoxy groups -OCH3 is 1. The van der Waals surface area contributed by atoms with E-state index in [4.69, 9.17) is 0 Å². The highest BCUT2D eigenvalue weighted by molar-refractivity contribution is 5.89. The number of anilines is 1. The second-order valence-corrected chi connectivity index (χ2v) is 4.43. The molecule has 1 atom stereocenters. The minimum absolute atomic E-state index is 0.177. The molecule has 1 amide bonds. The third-order valence-electron chi connectivity index (χ3n) is 2.71. The third-order valence-corrected chi connectivity index (χ3v) is 2.71. The molecule has 1 heterocycles. The highest BCUT2D eigenvalue weighted by atomic mass is 19.4. The first kappa shape index (κ1) is 18.5. The molecule has 0 unspecified atom stereocenters. The Morgan fingerprint density at radius 3 is 2.39 bits per heavy atom. The Hall–Kier alpha value is -2.52. The monoisotopic (exact) mass is 335 g/mol. The number of rotatable bonds is 5. The molecule has 1 aromatic rings. The maximum Gasteiger partial charge on any atom is 0.442 e. The lowest BCUT2D eigenvalue weighted by Gasteiger charge is -2.34. The summed E-state index contributed by atoms with van der Waals surface area (Å²) < 4.78 is 49.2. The van der Waals surface area contributed by atoms with Crippen molar-refractivity contribution in [3.63, 3.8) is 0 Å². The number of nitrogens with one attached hydrogen (secondary N) is 2. The largest absolute Gasteiger partial charge is 0.466 e. The summed E-state index contributed by atoms with van der Waals surface area (Å²) in [6, 6.07) is 2.71.